The van der Waals surface area contributed by atoms with Gasteiger partial charge < -0.3 is 9.30 Å². The van der Waals surface area contributed by atoms with Gasteiger partial charge in [-0.05, 0) is 41.0 Å². The first-order valence-corrected chi connectivity index (χ1v) is 16.5. The predicted octanol–water partition coefficient (Wildman–Crippen LogP) is 11.4. The molecule has 0 spiro atoms. The molecule has 9 rings (SSSR count). The summed E-state index contributed by atoms with van der Waals surface area (Å²) in [5.41, 5.74) is 11.4. The monoisotopic (exact) mass is 629 g/mol. The van der Waals surface area contributed by atoms with Crippen LogP contribution in [0.25, 0.3) is 83.3 Å². The van der Waals surface area contributed by atoms with E-state index in [-0.39, 0.29) is 0 Å². The quantitative estimate of drug-likeness (QED) is 0.184. The number of benzene rings is 7. The molecule has 49 heavy (non-hydrogen) atoms. The minimum atomic E-state index is 0.698. The SMILES string of the molecule is COc1c(-c2ccccc2-c2nc(-c3ccccc3)nc3ccccc23)cccc1-n1c2ccccc2c2ccc(-c3ccccc3)cc21. The second-order valence-corrected chi connectivity index (χ2v) is 12.1. The van der Waals surface area contributed by atoms with Gasteiger partial charge in [-0.25, -0.2) is 9.97 Å². The van der Waals surface area contributed by atoms with Gasteiger partial charge in [0.2, 0.25) is 0 Å². The maximum absolute atomic E-state index is 6.39. The molecule has 0 aliphatic rings. The predicted molar refractivity (Wildman–Crippen MR) is 202 cm³/mol. The lowest BCUT2D eigenvalue weighted by Gasteiger charge is -2.19. The van der Waals surface area contributed by atoms with Crippen LogP contribution in [0.5, 0.6) is 5.75 Å². The van der Waals surface area contributed by atoms with Crippen molar-refractivity contribution < 1.29 is 4.74 Å². The summed E-state index contributed by atoms with van der Waals surface area (Å²) in [6.07, 6.45) is 0. The zero-order valence-corrected chi connectivity index (χ0v) is 26.9. The highest BCUT2D eigenvalue weighted by Gasteiger charge is 2.21. The van der Waals surface area contributed by atoms with E-state index in [1.807, 2.05) is 30.3 Å². The third-order valence-corrected chi connectivity index (χ3v) is 9.33. The molecule has 0 fully saturated rings. The van der Waals surface area contributed by atoms with Crippen molar-refractivity contribution in [2.75, 3.05) is 7.11 Å². The van der Waals surface area contributed by atoms with Crippen LogP contribution in [0, 0.1) is 0 Å². The zero-order chi connectivity index (χ0) is 32.7. The molecule has 0 aliphatic heterocycles. The van der Waals surface area contributed by atoms with Gasteiger partial charge in [-0.3, -0.25) is 0 Å². The average Bonchev–Trinajstić information content (AvgIpc) is 3.51. The van der Waals surface area contributed by atoms with Crippen LogP contribution in [0.1, 0.15) is 0 Å². The zero-order valence-electron chi connectivity index (χ0n) is 26.9. The Hall–Kier alpha value is -6.52. The van der Waals surface area contributed by atoms with Gasteiger partial charge in [0, 0.05) is 32.8 Å². The van der Waals surface area contributed by atoms with E-state index in [2.05, 4.69) is 144 Å². The van der Waals surface area contributed by atoms with E-state index in [4.69, 9.17) is 14.7 Å². The van der Waals surface area contributed by atoms with Gasteiger partial charge in [0.1, 0.15) is 0 Å². The Morgan fingerprint density at radius 3 is 1.88 bits per heavy atom. The van der Waals surface area contributed by atoms with Gasteiger partial charge in [0.25, 0.3) is 0 Å². The van der Waals surface area contributed by atoms with Gasteiger partial charge in [-0.2, -0.15) is 0 Å². The number of hydrogen-bond donors (Lipinski definition) is 0. The molecule has 0 radical (unpaired) electrons. The van der Waals surface area contributed by atoms with E-state index in [9.17, 15) is 0 Å². The first kappa shape index (κ1) is 28.7. The standard InChI is InChI=1S/C45H31N3O/c1-49-44-37(33-19-8-9-21-36(33)43-38-22-10-12-24-39(38)46-45(47-43)31-17-6-3-7-18-31)23-14-26-41(44)48-40-25-13-11-20-34(40)35-28-27-32(29-42(35)48)30-15-4-2-5-16-30/h2-29H,1H3. The van der Waals surface area contributed by atoms with Crippen molar-refractivity contribution in [1.29, 1.82) is 0 Å². The fraction of sp³-hybridized carbons (Fsp3) is 0.0222. The fourth-order valence-corrected chi connectivity index (χ4v) is 7.09. The van der Waals surface area contributed by atoms with Crippen molar-refractivity contribution in [3.05, 3.63) is 170 Å². The maximum Gasteiger partial charge on any atom is 0.160 e. The summed E-state index contributed by atoms with van der Waals surface area (Å²) in [5.74, 6) is 1.49. The Balaban J connectivity index is 1.29. The Kier molecular flexibility index (Phi) is 6.98. The molecule has 4 nitrogen and oxygen atoms in total. The number of rotatable bonds is 6. The lowest BCUT2D eigenvalue weighted by Crippen LogP contribution is -2.01. The molecule has 0 aliphatic carbocycles. The van der Waals surface area contributed by atoms with E-state index in [1.165, 1.54) is 21.9 Å². The number of ether oxygens (including phenoxy) is 1. The average molecular weight is 630 g/mol. The van der Waals surface area contributed by atoms with E-state index in [0.717, 1.165) is 61.3 Å². The van der Waals surface area contributed by atoms with Crippen LogP contribution in [-0.2, 0) is 0 Å². The van der Waals surface area contributed by atoms with Gasteiger partial charge >= 0.3 is 0 Å². The van der Waals surface area contributed by atoms with Crippen LogP contribution in [-0.4, -0.2) is 21.6 Å². The van der Waals surface area contributed by atoms with Crippen LogP contribution in [0.15, 0.2) is 170 Å². The van der Waals surface area contributed by atoms with Crippen molar-refractivity contribution in [1.82, 2.24) is 14.5 Å². The molecule has 0 unspecified atom stereocenters. The highest BCUT2D eigenvalue weighted by molar-refractivity contribution is 6.10. The number of para-hydroxylation sites is 3. The lowest BCUT2D eigenvalue weighted by molar-refractivity contribution is 0.415. The van der Waals surface area contributed by atoms with Crippen molar-refractivity contribution in [3.8, 4) is 56.3 Å². The van der Waals surface area contributed by atoms with E-state index >= 15 is 0 Å². The van der Waals surface area contributed by atoms with Crippen molar-refractivity contribution in [2.24, 2.45) is 0 Å². The van der Waals surface area contributed by atoms with Crippen LogP contribution in [0.2, 0.25) is 0 Å². The topological polar surface area (TPSA) is 39.9 Å². The summed E-state index contributed by atoms with van der Waals surface area (Å²) in [6.45, 7) is 0. The summed E-state index contributed by atoms with van der Waals surface area (Å²) in [6, 6.07) is 59.2. The fourth-order valence-electron chi connectivity index (χ4n) is 7.09. The minimum Gasteiger partial charge on any atom is -0.494 e. The van der Waals surface area contributed by atoms with Crippen LogP contribution < -0.4 is 4.74 Å². The first-order chi connectivity index (χ1) is 24.3. The number of aromatic nitrogens is 3. The van der Waals surface area contributed by atoms with E-state index in [1.54, 1.807) is 7.11 Å². The van der Waals surface area contributed by atoms with Gasteiger partial charge in [-0.1, -0.05) is 146 Å². The Bertz CT molecular complexity index is 2640. The number of nitrogens with zero attached hydrogens (tertiary/aromatic N) is 3. The van der Waals surface area contributed by atoms with E-state index in [0.29, 0.717) is 5.82 Å². The molecule has 0 saturated heterocycles. The highest BCUT2D eigenvalue weighted by atomic mass is 16.5. The van der Waals surface area contributed by atoms with Crippen molar-refractivity contribution in [3.63, 3.8) is 0 Å². The molecule has 0 N–H and O–H groups in total. The van der Waals surface area contributed by atoms with Crippen molar-refractivity contribution in [2.45, 2.75) is 0 Å². The Morgan fingerprint density at radius 1 is 0.449 bits per heavy atom. The molecule has 0 saturated carbocycles. The van der Waals surface area contributed by atoms with Crippen LogP contribution in [0.4, 0.5) is 0 Å². The molecule has 2 aromatic heterocycles. The summed E-state index contributed by atoms with van der Waals surface area (Å²) in [4.78, 5) is 10.2. The second kappa shape index (κ2) is 11.9. The van der Waals surface area contributed by atoms with Gasteiger partial charge in [-0.15, -0.1) is 0 Å². The number of fused-ring (bicyclic) bond motifs is 4. The third-order valence-electron chi connectivity index (χ3n) is 9.33. The smallest absolute Gasteiger partial charge is 0.160 e. The molecule has 9 aromatic rings. The second-order valence-electron chi connectivity index (χ2n) is 12.1. The number of methoxy groups -OCH3 is 1. The maximum atomic E-state index is 6.39. The number of hydrogen-bond acceptors (Lipinski definition) is 3. The molecular formula is C45H31N3O. The lowest BCUT2D eigenvalue weighted by atomic mass is 9.94. The summed E-state index contributed by atoms with van der Waals surface area (Å²) >= 11 is 0. The molecule has 7 aromatic carbocycles. The largest absolute Gasteiger partial charge is 0.494 e. The Labute approximate surface area is 284 Å². The first-order valence-electron chi connectivity index (χ1n) is 16.5. The Morgan fingerprint density at radius 2 is 1.08 bits per heavy atom. The molecule has 2 heterocycles. The molecule has 0 bridgehead atoms. The molecular weight excluding hydrogens is 599 g/mol. The normalized spacial score (nSPS) is 11.4. The molecule has 0 atom stereocenters. The van der Waals surface area contributed by atoms with Crippen molar-refractivity contribution >= 4 is 32.7 Å². The van der Waals surface area contributed by atoms with Crippen LogP contribution >= 0.6 is 0 Å². The minimum absolute atomic E-state index is 0.698. The van der Waals surface area contributed by atoms with Crippen LogP contribution in [0.3, 0.4) is 0 Å². The summed E-state index contributed by atoms with van der Waals surface area (Å²) < 4.78 is 8.73. The molecule has 4 heteroatoms. The molecule has 0 amide bonds. The van der Waals surface area contributed by atoms with E-state index < -0.39 is 0 Å². The van der Waals surface area contributed by atoms with Gasteiger partial charge in [0.05, 0.1) is 35.0 Å². The summed E-state index contributed by atoms with van der Waals surface area (Å²) in [7, 11) is 1.77. The third kappa shape index (κ3) is 4.85. The summed E-state index contributed by atoms with van der Waals surface area (Å²) in [5, 5.41) is 3.40. The van der Waals surface area contributed by atoms with Gasteiger partial charge in [0.15, 0.2) is 11.6 Å². The molecule has 232 valence electrons. The highest BCUT2D eigenvalue weighted by Crippen LogP contribution is 2.44.